The van der Waals surface area contributed by atoms with E-state index in [9.17, 15) is 4.79 Å². The minimum atomic E-state index is -0.307. The Hall–Kier alpha value is -5.16. The first-order valence-electron chi connectivity index (χ1n) is 15.1. The Kier molecular flexibility index (Phi) is 5.36. The predicted molar refractivity (Wildman–Crippen MR) is 172 cm³/mol. The number of carbonyl (C=O) groups is 1. The molecular weight excluding hydrogens is 530 g/mol. The van der Waals surface area contributed by atoms with Crippen molar-refractivity contribution in [1.82, 2.24) is 14.1 Å². The Morgan fingerprint density at radius 3 is 1.53 bits per heavy atom. The molecule has 5 nitrogen and oxygen atoms in total. The highest BCUT2D eigenvalue weighted by Crippen LogP contribution is 2.43. The van der Waals surface area contributed by atoms with Gasteiger partial charge in [0.2, 0.25) is 0 Å². The fourth-order valence-corrected chi connectivity index (χ4v) is 7.54. The summed E-state index contributed by atoms with van der Waals surface area (Å²) in [6, 6.07) is 37.3. The van der Waals surface area contributed by atoms with Crippen molar-refractivity contribution in [2.24, 2.45) is 17.8 Å². The first-order valence-corrected chi connectivity index (χ1v) is 15.1. The molecule has 1 saturated carbocycles. The lowest BCUT2D eigenvalue weighted by molar-refractivity contribution is 0.0420. The van der Waals surface area contributed by atoms with E-state index in [0.29, 0.717) is 41.6 Å². The number of aromatic nitrogens is 3. The van der Waals surface area contributed by atoms with Gasteiger partial charge in [0.1, 0.15) is 11.6 Å². The molecule has 43 heavy (non-hydrogen) atoms. The second kappa shape index (κ2) is 9.43. The Balaban J connectivity index is 1.26. The van der Waals surface area contributed by atoms with Crippen LogP contribution in [-0.2, 0) is 4.74 Å². The minimum Gasteiger partial charge on any atom is -0.462 e. The van der Waals surface area contributed by atoms with E-state index < -0.39 is 0 Å². The molecule has 0 aliphatic heterocycles. The van der Waals surface area contributed by atoms with E-state index in [4.69, 9.17) is 9.72 Å². The fraction of sp³-hybridized carbons (Fsp3) is 0.158. The van der Waals surface area contributed by atoms with E-state index in [-0.39, 0.29) is 5.97 Å². The predicted octanol–water partition coefficient (Wildman–Crippen LogP) is 8.64. The lowest BCUT2D eigenvalue weighted by atomic mass is 9.95. The van der Waals surface area contributed by atoms with Gasteiger partial charge in [0.05, 0.1) is 34.2 Å². The van der Waals surface area contributed by atoms with Crippen LogP contribution in [0, 0.1) is 17.8 Å². The molecule has 3 atom stereocenters. The number of hydrogen-bond donors (Lipinski definition) is 0. The van der Waals surface area contributed by atoms with Crippen molar-refractivity contribution < 1.29 is 9.53 Å². The number of para-hydroxylation sites is 4. The van der Waals surface area contributed by atoms with E-state index in [1.807, 2.05) is 36.4 Å². The Labute approximate surface area is 248 Å². The van der Waals surface area contributed by atoms with E-state index in [1.165, 1.54) is 6.42 Å². The van der Waals surface area contributed by atoms with Gasteiger partial charge < -0.3 is 4.74 Å². The molecule has 3 heterocycles. The minimum absolute atomic E-state index is 0.307. The average molecular weight is 560 g/mol. The zero-order valence-electron chi connectivity index (χ0n) is 23.6. The molecule has 3 unspecified atom stereocenters. The third kappa shape index (κ3) is 3.77. The van der Waals surface area contributed by atoms with Gasteiger partial charge >= 0.3 is 5.97 Å². The number of rotatable bonds is 5. The molecule has 2 aliphatic carbocycles. The first kappa shape index (κ1) is 24.4. The zero-order valence-corrected chi connectivity index (χ0v) is 23.6. The summed E-state index contributed by atoms with van der Waals surface area (Å²) in [5, 5.41) is 4.59. The molecule has 0 saturated heterocycles. The molecule has 0 amide bonds. The maximum Gasteiger partial charge on any atom is 0.338 e. The summed E-state index contributed by atoms with van der Waals surface area (Å²) in [6.45, 7) is 0.447. The largest absolute Gasteiger partial charge is 0.462 e. The number of hydrogen-bond acceptors (Lipinski definition) is 3. The van der Waals surface area contributed by atoms with Crippen LogP contribution in [0.25, 0.3) is 55.2 Å². The summed E-state index contributed by atoms with van der Waals surface area (Å²) < 4.78 is 10.4. The van der Waals surface area contributed by atoms with Crippen LogP contribution < -0.4 is 0 Å². The third-order valence-electron chi connectivity index (χ3n) is 9.50. The standard InChI is InChI=1S/C38H29N3O2/c42-38(43-23-27-20-24-17-18-25(27)19-24)26-21-36(40-32-13-5-1-9-28(32)29-10-2-6-14-33(29)40)39-37(22-26)41-34-15-7-3-11-30(34)31-12-4-8-16-35(31)41/h1-18,21-22,24-25,27H,19-20,23H2. The number of ether oxygens (including phenoxy) is 1. The van der Waals surface area contributed by atoms with Crippen LogP contribution >= 0.6 is 0 Å². The number of esters is 1. The van der Waals surface area contributed by atoms with Gasteiger partial charge in [-0.3, -0.25) is 9.13 Å². The van der Waals surface area contributed by atoms with Crippen LogP contribution in [0.15, 0.2) is 121 Å². The summed E-state index contributed by atoms with van der Waals surface area (Å²) in [4.78, 5) is 19.1. The highest BCUT2D eigenvalue weighted by atomic mass is 16.5. The van der Waals surface area contributed by atoms with Crippen molar-refractivity contribution in [2.75, 3.05) is 6.61 Å². The molecular formula is C38H29N3O2. The van der Waals surface area contributed by atoms with Gasteiger partial charge in [-0.05, 0) is 67.0 Å². The third-order valence-corrected chi connectivity index (χ3v) is 9.50. The van der Waals surface area contributed by atoms with Crippen LogP contribution in [0.4, 0.5) is 0 Å². The van der Waals surface area contributed by atoms with Gasteiger partial charge in [0.15, 0.2) is 0 Å². The van der Waals surface area contributed by atoms with E-state index >= 15 is 0 Å². The summed E-state index contributed by atoms with van der Waals surface area (Å²) in [7, 11) is 0. The second-order valence-electron chi connectivity index (χ2n) is 12.0. The maximum absolute atomic E-state index is 13.8. The SMILES string of the molecule is O=C(OCC1CC2C=CC1C2)c1cc(-n2c3ccccc3c3ccccc32)nc(-n2c3ccccc3c3ccccc32)c1. The molecule has 2 aliphatic rings. The number of carbonyl (C=O) groups excluding carboxylic acids is 1. The van der Waals surface area contributed by atoms with Crippen LogP contribution in [0.5, 0.6) is 0 Å². The van der Waals surface area contributed by atoms with Crippen LogP contribution in [0.2, 0.25) is 0 Å². The maximum atomic E-state index is 13.8. The van der Waals surface area contributed by atoms with Crippen LogP contribution in [0.1, 0.15) is 23.2 Å². The van der Waals surface area contributed by atoms with Crippen LogP contribution in [-0.4, -0.2) is 26.7 Å². The highest BCUT2D eigenvalue weighted by molar-refractivity contribution is 6.10. The lowest BCUT2D eigenvalue weighted by Crippen LogP contribution is -2.18. The monoisotopic (exact) mass is 559 g/mol. The van der Waals surface area contributed by atoms with Gasteiger partial charge in [-0.1, -0.05) is 84.9 Å². The molecule has 208 valence electrons. The number of pyridine rings is 1. The van der Waals surface area contributed by atoms with Gasteiger partial charge in [-0.2, -0.15) is 0 Å². The van der Waals surface area contributed by atoms with Crippen molar-refractivity contribution in [3.63, 3.8) is 0 Å². The summed E-state index contributed by atoms with van der Waals surface area (Å²) in [5.74, 6) is 2.63. The van der Waals surface area contributed by atoms with Crippen molar-refractivity contribution in [3.05, 3.63) is 127 Å². The normalized spacial score (nSPS) is 19.3. The number of fused-ring (bicyclic) bond motifs is 8. The summed E-state index contributed by atoms with van der Waals surface area (Å²) in [5.41, 5.74) is 4.68. The molecule has 1 fully saturated rings. The van der Waals surface area contributed by atoms with Gasteiger partial charge in [-0.15, -0.1) is 0 Å². The van der Waals surface area contributed by atoms with Crippen LogP contribution in [0.3, 0.4) is 0 Å². The molecule has 3 aromatic heterocycles. The molecule has 0 spiro atoms. The zero-order chi connectivity index (χ0) is 28.5. The number of nitrogens with zero attached hydrogens (tertiary/aromatic N) is 3. The van der Waals surface area contributed by atoms with Crippen molar-refractivity contribution in [1.29, 1.82) is 0 Å². The summed E-state index contributed by atoms with van der Waals surface area (Å²) in [6.07, 6.45) is 6.92. The first-order chi connectivity index (χ1) is 21.2. The topological polar surface area (TPSA) is 49.1 Å². The second-order valence-corrected chi connectivity index (χ2v) is 12.0. The lowest BCUT2D eigenvalue weighted by Gasteiger charge is -2.18. The summed E-state index contributed by atoms with van der Waals surface area (Å²) >= 11 is 0. The van der Waals surface area contributed by atoms with Gasteiger partial charge in [-0.25, -0.2) is 9.78 Å². The van der Waals surface area contributed by atoms with E-state index in [1.54, 1.807) is 0 Å². The molecule has 0 N–H and O–H groups in total. The van der Waals surface area contributed by atoms with Gasteiger partial charge in [0, 0.05) is 21.5 Å². The Morgan fingerprint density at radius 2 is 1.12 bits per heavy atom. The molecule has 0 radical (unpaired) electrons. The quantitative estimate of drug-likeness (QED) is 0.157. The molecule has 5 heteroatoms. The molecule has 9 rings (SSSR count). The highest BCUT2D eigenvalue weighted by Gasteiger charge is 2.36. The Bertz CT molecular complexity index is 2020. The number of benzene rings is 4. The van der Waals surface area contributed by atoms with Crippen molar-refractivity contribution in [3.8, 4) is 11.6 Å². The van der Waals surface area contributed by atoms with E-state index in [2.05, 4.69) is 94.1 Å². The smallest absolute Gasteiger partial charge is 0.338 e. The van der Waals surface area contributed by atoms with E-state index in [0.717, 1.165) is 50.0 Å². The molecule has 2 bridgehead atoms. The molecule has 7 aromatic rings. The van der Waals surface area contributed by atoms with Crippen molar-refractivity contribution >= 4 is 49.6 Å². The Morgan fingerprint density at radius 1 is 0.651 bits per heavy atom. The molecule has 4 aromatic carbocycles. The number of allylic oxidation sites excluding steroid dienone is 2. The van der Waals surface area contributed by atoms with Gasteiger partial charge in [0.25, 0.3) is 0 Å². The fourth-order valence-electron chi connectivity index (χ4n) is 7.54. The average Bonchev–Trinajstić information content (AvgIpc) is 3.83. The van der Waals surface area contributed by atoms with Crippen molar-refractivity contribution in [2.45, 2.75) is 12.8 Å².